The summed E-state index contributed by atoms with van der Waals surface area (Å²) in [6.07, 6.45) is 1.69. The van der Waals surface area contributed by atoms with E-state index in [1.165, 1.54) is 0 Å². The summed E-state index contributed by atoms with van der Waals surface area (Å²) in [6, 6.07) is 8.62. The molecule has 0 aliphatic heterocycles. The van der Waals surface area contributed by atoms with Gasteiger partial charge in [0, 0.05) is 11.6 Å². The Kier molecular flexibility index (Phi) is 4.30. The SMILES string of the molecule is CCOC(=O)C(N)COc1cccc2cccnc12. The van der Waals surface area contributed by atoms with E-state index >= 15 is 0 Å². The number of aromatic nitrogens is 1. The van der Waals surface area contributed by atoms with Gasteiger partial charge in [-0.2, -0.15) is 0 Å². The topological polar surface area (TPSA) is 74.4 Å². The van der Waals surface area contributed by atoms with Crippen molar-refractivity contribution < 1.29 is 14.3 Å². The number of para-hydroxylation sites is 1. The molecule has 5 heteroatoms. The number of fused-ring (bicyclic) bond motifs is 1. The van der Waals surface area contributed by atoms with Crippen LogP contribution in [0.4, 0.5) is 0 Å². The highest BCUT2D eigenvalue weighted by Crippen LogP contribution is 2.22. The molecule has 0 fully saturated rings. The summed E-state index contributed by atoms with van der Waals surface area (Å²) in [5, 5.41) is 0.977. The molecule has 2 rings (SSSR count). The molecule has 19 heavy (non-hydrogen) atoms. The highest BCUT2D eigenvalue weighted by molar-refractivity contribution is 5.84. The maximum atomic E-state index is 11.4. The van der Waals surface area contributed by atoms with Crippen LogP contribution in [0.15, 0.2) is 36.5 Å². The number of ether oxygens (including phenoxy) is 2. The van der Waals surface area contributed by atoms with Gasteiger partial charge in [0.1, 0.15) is 23.9 Å². The van der Waals surface area contributed by atoms with Gasteiger partial charge in [-0.15, -0.1) is 0 Å². The first-order chi connectivity index (χ1) is 9.22. The fourth-order valence-electron chi connectivity index (χ4n) is 1.69. The molecule has 1 aromatic heterocycles. The minimum absolute atomic E-state index is 0.0640. The Morgan fingerprint density at radius 1 is 1.37 bits per heavy atom. The number of pyridine rings is 1. The van der Waals surface area contributed by atoms with Gasteiger partial charge in [0.25, 0.3) is 0 Å². The zero-order valence-electron chi connectivity index (χ0n) is 10.7. The third kappa shape index (κ3) is 3.20. The summed E-state index contributed by atoms with van der Waals surface area (Å²) in [4.78, 5) is 15.6. The van der Waals surface area contributed by atoms with Crippen molar-refractivity contribution in [2.75, 3.05) is 13.2 Å². The number of hydrogen-bond donors (Lipinski definition) is 1. The van der Waals surface area contributed by atoms with E-state index in [0.29, 0.717) is 12.4 Å². The second-order valence-electron chi connectivity index (χ2n) is 4.00. The Labute approximate surface area is 111 Å². The number of carbonyl (C=O) groups excluding carboxylic acids is 1. The van der Waals surface area contributed by atoms with Crippen molar-refractivity contribution in [1.29, 1.82) is 0 Å². The molecule has 0 radical (unpaired) electrons. The summed E-state index contributed by atoms with van der Waals surface area (Å²) in [6.45, 7) is 2.11. The predicted octanol–water partition coefficient (Wildman–Crippen LogP) is 1.50. The Hall–Kier alpha value is -2.14. The van der Waals surface area contributed by atoms with Crippen LogP contribution in [0, 0.1) is 0 Å². The molecule has 1 aromatic carbocycles. The molecule has 1 atom stereocenters. The van der Waals surface area contributed by atoms with Crippen LogP contribution in [0.5, 0.6) is 5.75 Å². The maximum Gasteiger partial charge on any atom is 0.326 e. The summed E-state index contributed by atoms with van der Waals surface area (Å²) in [7, 11) is 0. The maximum absolute atomic E-state index is 11.4. The standard InChI is InChI=1S/C14H16N2O3/c1-2-18-14(17)11(15)9-19-12-7-3-5-10-6-4-8-16-13(10)12/h3-8,11H,2,9,15H2,1H3. The van der Waals surface area contributed by atoms with Gasteiger partial charge in [0.15, 0.2) is 0 Å². The van der Waals surface area contributed by atoms with Gasteiger partial charge in [-0.3, -0.25) is 9.78 Å². The van der Waals surface area contributed by atoms with Gasteiger partial charge in [-0.05, 0) is 19.1 Å². The van der Waals surface area contributed by atoms with Gasteiger partial charge in [-0.1, -0.05) is 18.2 Å². The fraction of sp³-hybridized carbons (Fsp3) is 0.286. The molecule has 100 valence electrons. The molecular formula is C14H16N2O3. The third-order valence-electron chi connectivity index (χ3n) is 2.60. The van der Waals surface area contributed by atoms with E-state index < -0.39 is 12.0 Å². The average molecular weight is 260 g/mol. The Morgan fingerprint density at radius 2 is 2.16 bits per heavy atom. The molecule has 1 heterocycles. The molecule has 0 amide bonds. The summed E-state index contributed by atoms with van der Waals surface area (Å²) in [5.41, 5.74) is 6.43. The minimum atomic E-state index is -0.793. The average Bonchev–Trinajstić information content (AvgIpc) is 2.45. The lowest BCUT2D eigenvalue weighted by atomic mass is 10.2. The van der Waals surface area contributed by atoms with Crippen molar-refractivity contribution in [2.45, 2.75) is 13.0 Å². The molecule has 1 unspecified atom stereocenters. The van der Waals surface area contributed by atoms with E-state index in [1.807, 2.05) is 24.3 Å². The van der Waals surface area contributed by atoms with Gasteiger partial charge >= 0.3 is 5.97 Å². The number of nitrogens with two attached hydrogens (primary N) is 1. The normalized spacial score (nSPS) is 12.1. The van der Waals surface area contributed by atoms with E-state index in [9.17, 15) is 4.79 Å². The van der Waals surface area contributed by atoms with Crippen molar-refractivity contribution in [1.82, 2.24) is 4.98 Å². The lowest BCUT2D eigenvalue weighted by molar-refractivity contribution is -0.145. The Balaban J connectivity index is 2.08. The van der Waals surface area contributed by atoms with Gasteiger partial charge in [0.2, 0.25) is 0 Å². The van der Waals surface area contributed by atoms with E-state index in [1.54, 1.807) is 19.2 Å². The van der Waals surface area contributed by atoms with Crippen LogP contribution in [-0.2, 0) is 9.53 Å². The quantitative estimate of drug-likeness (QED) is 0.825. The number of rotatable bonds is 5. The van der Waals surface area contributed by atoms with E-state index in [-0.39, 0.29) is 6.61 Å². The number of hydrogen-bond acceptors (Lipinski definition) is 5. The van der Waals surface area contributed by atoms with Gasteiger partial charge in [-0.25, -0.2) is 0 Å². The van der Waals surface area contributed by atoms with E-state index in [2.05, 4.69) is 4.98 Å². The zero-order chi connectivity index (χ0) is 13.7. The molecule has 0 aliphatic carbocycles. The van der Waals surface area contributed by atoms with Crippen LogP contribution >= 0.6 is 0 Å². The molecule has 0 aliphatic rings. The smallest absolute Gasteiger partial charge is 0.326 e. The molecule has 5 nitrogen and oxygen atoms in total. The Morgan fingerprint density at radius 3 is 2.95 bits per heavy atom. The summed E-state index contributed by atoms with van der Waals surface area (Å²) < 4.78 is 10.4. The van der Waals surface area contributed by atoms with Gasteiger partial charge < -0.3 is 15.2 Å². The van der Waals surface area contributed by atoms with Crippen LogP contribution in [0.3, 0.4) is 0 Å². The number of esters is 1. The first-order valence-electron chi connectivity index (χ1n) is 6.11. The fourth-order valence-corrected chi connectivity index (χ4v) is 1.69. The first-order valence-corrected chi connectivity index (χ1v) is 6.11. The minimum Gasteiger partial charge on any atom is -0.489 e. The highest BCUT2D eigenvalue weighted by atomic mass is 16.5. The molecule has 2 N–H and O–H groups in total. The van der Waals surface area contributed by atoms with Crippen LogP contribution in [-0.4, -0.2) is 30.2 Å². The number of nitrogens with zero attached hydrogens (tertiary/aromatic N) is 1. The third-order valence-corrected chi connectivity index (χ3v) is 2.60. The van der Waals surface area contributed by atoms with Crippen LogP contribution in [0.25, 0.3) is 10.9 Å². The van der Waals surface area contributed by atoms with Crippen LogP contribution in [0.2, 0.25) is 0 Å². The van der Waals surface area contributed by atoms with Crippen molar-refractivity contribution in [3.63, 3.8) is 0 Å². The summed E-state index contributed by atoms with van der Waals surface area (Å²) in [5.74, 6) is 0.147. The largest absolute Gasteiger partial charge is 0.489 e. The molecular weight excluding hydrogens is 244 g/mol. The number of carbonyl (C=O) groups is 1. The summed E-state index contributed by atoms with van der Waals surface area (Å²) >= 11 is 0. The second kappa shape index (κ2) is 6.15. The highest BCUT2D eigenvalue weighted by Gasteiger charge is 2.15. The molecule has 0 spiro atoms. The molecule has 2 aromatic rings. The lowest BCUT2D eigenvalue weighted by Crippen LogP contribution is -2.37. The van der Waals surface area contributed by atoms with E-state index in [0.717, 1.165) is 10.9 Å². The van der Waals surface area contributed by atoms with E-state index in [4.69, 9.17) is 15.2 Å². The molecule has 0 bridgehead atoms. The molecule has 0 saturated heterocycles. The predicted molar refractivity (Wildman–Crippen MR) is 71.8 cm³/mol. The second-order valence-corrected chi connectivity index (χ2v) is 4.00. The lowest BCUT2D eigenvalue weighted by Gasteiger charge is -2.13. The van der Waals surface area contributed by atoms with Crippen molar-refractivity contribution >= 4 is 16.9 Å². The number of benzene rings is 1. The van der Waals surface area contributed by atoms with Crippen molar-refractivity contribution in [2.24, 2.45) is 5.73 Å². The monoisotopic (exact) mass is 260 g/mol. The van der Waals surface area contributed by atoms with Gasteiger partial charge in [0.05, 0.1) is 6.61 Å². The van der Waals surface area contributed by atoms with Crippen molar-refractivity contribution in [3.8, 4) is 5.75 Å². The molecule has 0 saturated carbocycles. The zero-order valence-corrected chi connectivity index (χ0v) is 10.7. The first kappa shape index (κ1) is 13.3. The van der Waals surface area contributed by atoms with Crippen LogP contribution in [0.1, 0.15) is 6.92 Å². The van der Waals surface area contributed by atoms with Crippen LogP contribution < -0.4 is 10.5 Å². The Bertz CT molecular complexity index is 566. The van der Waals surface area contributed by atoms with Crippen molar-refractivity contribution in [3.05, 3.63) is 36.5 Å².